The van der Waals surface area contributed by atoms with Gasteiger partial charge in [0, 0.05) is 11.9 Å². The fraction of sp³-hybridized carbons (Fsp3) is 0.0714. The number of nitrogens with one attached hydrogen (secondary N) is 1. The van der Waals surface area contributed by atoms with E-state index < -0.39 is 5.97 Å². The van der Waals surface area contributed by atoms with Crippen molar-refractivity contribution in [3.8, 4) is 6.07 Å². The van der Waals surface area contributed by atoms with Crippen molar-refractivity contribution in [2.24, 2.45) is 0 Å². The number of carbonyl (C=O) groups is 1. The molecule has 2 N–H and O–H groups in total. The average Bonchev–Trinajstić information content (AvgIpc) is 2.43. The van der Waals surface area contributed by atoms with Gasteiger partial charge in [0.1, 0.15) is 5.82 Å². The third-order valence-electron chi connectivity index (χ3n) is 2.60. The number of carboxylic acid groups (broad SMARTS) is 1. The first kappa shape index (κ1) is 13.8. The highest BCUT2D eigenvalue weighted by atomic mass is 35.5. The third kappa shape index (κ3) is 3.25. The lowest BCUT2D eigenvalue weighted by Gasteiger charge is -2.07. The van der Waals surface area contributed by atoms with E-state index in [-0.39, 0.29) is 10.6 Å². The average molecular weight is 288 g/mol. The van der Waals surface area contributed by atoms with Crippen molar-refractivity contribution in [3.05, 3.63) is 52.7 Å². The minimum atomic E-state index is -1.11. The standard InChI is InChI=1S/C14H10ClN3O2/c15-12-8-17-13(7-11(12)14(19)20)18-10-3-1-9(2-4-10)5-6-16/h1-4,7-8H,5H2,(H,17,18)(H,19,20). The second-order valence-corrected chi connectivity index (χ2v) is 4.42. The Bertz CT molecular complexity index is 678. The molecule has 1 heterocycles. The predicted molar refractivity (Wildman–Crippen MR) is 75.2 cm³/mol. The summed E-state index contributed by atoms with van der Waals surface area (Å²) in [6.45, 7) is 0. The third-order valence-corrected chi connectivity index (χ3v) is 2.90. The Morgan fingerprint density at radius 2 is 2.10 bits per heavy atom. The first-order valence-corrected chi connectivity index (χ1v) is 6.09. The lowest BCUT2D eigenvalue weighted by atomic mass is 10.1. The number of carboxylic acids is 1. The van der Waals surface area contributed by atoms with Crippen molar-refractivity contribution in [2.45, 2.75) is 6.42 Å². The molecule has 1 aromatic heterocycles. The van der Waals surface area contributed by atoms with Gasteiger partial charge in [-0.2, -0.15) is 5.26 Å². The number of nitrogens with zero attached hydrogens (tertiary/aromatic N) is 2. The second kappa shape index (κ2) is 6.04. The second-order valence-electron chi connectivity index (χ2n) is 4.01. The predicted octanol–water partition coefficient (Wildman–Crippen LogP) is 3.24. The molecule has 6 heteroatoms. The van der Waals surface area contributed by atoms with Crippen LogP contribution >= 0.6 is 11.6 Å². The molecule has 0 radical (unpaired) electrons. The van der Waals surface area contributed by atoms with Crippen LogP contribution in [0.1, 0.15) is 15.9 Å². The van der Waals surface area contributed by atoms with Gasteiger partial charge in [-0.15, -0.1) is 0 Å². The molecule has 0 atom stereocenters. The Kier molecular flexibility index (Phi) is 4.18. The number of aromatic nitrogens is 1. The quantitative estimate of drug-likeness (QED) is 0.901. The molecule has 0 unspecified atom stereocenters. The molecule has 20 heavy (non-hydrogen) atoms. The molecule has 0 bridgehead atoms. The van der Waals surface area contributed by atoms with Crippen molar-refractivity contribution in [1.29, 1.82) is 5.26 Å². The van der Waals surface area contributed by atoms with Crippen molar-refractivity contribution in [1.82, 2.24) is 4.98 Å². The molecule has 1 aromatic carbocycles. The van der Waals surface area contributed by atoms with E-state index in [0.717, 1.165) is 11.3 Å². The number of hydrogen-bond donors (Lipinski definition) is 2. The first-order valence-electron chi connectivity index (χ1n) is 5.72. The summed E-state index contributed by atoms with van der Waals surface area (Å²) >= 11 is 5.75. The summed E-state index contributed by atoms with van der Waals surface area (Å²) < 4.78 is 0. The highest BCUT2D eigenvalue weighted by molar-refractivity contribution is 6.33. The van der Waals surface area contributed by atoms with Gasteiger partial charge >= 0.3 is 5.97 Å². The molecular formula is C14H10ClN3O2. The van der Waals surface area contributed by atoms with Gasteiger partial charge in [-0.25, -0.2) is 9.78 Å². The van der Waals surface area contributed by atoms with Crippen molar-refractivity contribution in [2.75, 3.05) is 5.32 Å². The van der Waals surface area contributed by atoms with Gasteiger partial charge in [-0.3, -0.25) is 0 Å². The SMILES string of the molecule is N#CCc1ccc(Nc2cc(C(=O)O)c(Cl)cn2)cc1. The summed E-state index contributed by atoms with van der Waals surface area (Å²) in [7, 11) is 0. The van der Waals surface area contributed by atoms with Gasteiger partial charge in [-0.1, -0.05) is 23.7 Å². The van der Waals surface area contributed by atoms with E-state index >= 15 is 0 Å². The molecular weight excluding hydrogens is 278 g/mol. The van der Waals surface area contributed by atoms with Crippen molar-refractivity contribution < 1.29 is 9.90 Å². The maximum atomic E-state index is 11.0. The molecule has 0 saturated carbocycles. The number of halogens is 1. The maximum absolute atomic E-state index is 11.0. The van der Waals surface area contributed by atoms with E-state index in [1.807, 2.05) is 12.1 Å². The van der Waals surface area contributed by atoms with Gasteiger partial charge < -0.3 is 10.4 Å². The van der Waals surface area contributed by atoms with Crippen LogP contribution in [0.15, 0.2) is 36.5 Å². The topological polar surface area (TPSA) is 86.0 Å². The fourth-order valence-corrected chi connectivity index (χ4v) is 1.80. The zero-order valence-electron chi connectivity index (χ0n) is 10.3. The number of nitriles is 1. The molecule has 0 fully saturated rings. The number of pyridine rings is 1. The molecule has 5 nitrogen and oxygen atoms in total. The van der Waals surface area contributed by atoms with Crippen LogP contribution in [0.3, 0.4) is 0 Å². The van der Waals surface area contributed by atoms with Crippen LogP contribution in [-0.2, 0) is 6.42 Å². The van der Waals surface area contributed by atoms with Crippen LogP contribution in [0.25, 0.3) is 0 Å². The molecule has 0 spiro atoms. The summed E-state index contributed by atoms with van der Waals surface area (Å²) in [5.74, 6) is -0.718. The summed E-state index contributed by atoms with van der Waals surface area (Å²) in [6.07, 6.45) is 1.64. The summed E-state index contributed by atoms with van der Waals surface area (Å²) in [5, 5.41) is 20.6. The minimum absolute atomic E-state index is 0.00901. The van der Waals surface area contributed by atoms with Crippen LogP contribution in [0.2, 0.25) is 5.02 Å². The lowest BCUT2D eigenvalue weighted by molar-refractivity contribution is 0.0697. The van der Waals surface area contributed by atoms with E-state index in [4.69, 9.17) is 22.0 Å². The highest BCUT2D eigenvalue weighted by Crippen LogP contribution is 2.21. The molecule has 2 aromatic rings. The van der Waals surface area contributed by atoms with Gasteiger partial charge in [0.25, 0.3) is 0 Å². The fourth-order valence-electron chi connectivity index (χ4n) is 1.62. The largest absolute Gasteiger partial charge is 0.478 e. The summed E-state index contributed by atoms with van der Waals surface area (Å²) in [6, 6.07) is 10.7. The summed E-state index contributed by atoms with van der Waals surface area (Å²) in [5.41, 5.74) is 1.65. The number of rotatable bonds is 4. The molecule has 0 amide bonds. The smallest absolute Gasteiger partial charge is 0.337 e. The molecule has 0 aliphatic rings. The highest BCUT2D eigenvalue weighted by Gasteiger charge is 2.10. The van der Waals surface area contributed by atoms with Crippen LogP contribution < -0.4 is 5.32 Å². The number of benzene rings is 1. The van der Waals surface area contributed by atoms with Crippen LogP contribution in [0.4, 0.5) is 11.5 Å². The molecule has 2 rings (SSSR count). The van der Waals surface area contributed by atoms with E-state index in [2.05, 4.69) is 16.4 Å². The molecule has 0 aliphatic carbocycles. The number of anilines is 2. The Morgan fingerprint density at radius 1 is 1.40 bits per heavy atom. The van der Waals surface area contributed by atoms with E-state index in [9.17, 15) is 4.79 Å². The summed E-state index contributed by atoms with van der Waals surface area (Å²) in [4.78, 5) is 15.0. The Hall–Kier alpha value is -2.58. The van der Waals surface area contributed by atoms with Gasteiger partial charge in [0.15, 0.2) is 0 Å². The molecule has 0 saturated heterocycles. The zero-order valence-corrected chi connectivity index (χ0v) is 11.1. The number of aromatic carboxylic acids is 1. The molecule has 0 aliphatic heterocycles. The Labute approximate surface area is 120 Å². The maximum Gasteiger partial charge on any atom is 0.337 e. The lowest BCUT2D eigenvalue weighted by Crippen LogP contribution is -2.01. The van der Waals surface area contributed by atoms with E-state index in [0.29, 0.717) is 12.2 Å². The van der Waals surface area contributed by atoms with Crippen LogP contribution in [0.5, 0.6) is 0 Å². The van der Waals surface area contributed by atoms with E-state index in [1.165, 1.54) is 12.3 Å². The van der Waals surface area contributed by atoms with Crippen molar-refractivity contribution in [3.63, 3.8) is 0 Å². The minimum Gasteiger partial charge on any atom is -0.478 e. The molecule has 100 valence electrons. The van der Waals surface area contributed by atoms with Gasteiger partial charge in [0.05, 0.1) is 23.1 Å². The van der Waals surface area contributed by atoms with Crippen LogP contribution in [-0.4, -0.2) is 16.1 Å². The Morgan fingerprint density at radius 3 is 2.70 bits per heavy atom. The van der Waals surface area contributed by atoms with Crippen LogP contribution in [0, 0.1) is 11.3 Å². The van der Waals surface area contributed by atoms with E-state index in [1.54, 1.807) is 12.1 Å². The van der Waals surface area contributed by atoms with Crippen molar-refractivity contribution >= 4 is 29.1 Å². The van der Waals surface area contributed by atoms with Gasteiger partial charge in [0.2, 0.25) is 0 Å². The first-order chi connectivity index (χ1) is 9.60. The Balaban J connectivity index is 2.20. The monoisotopic (exact) mass is 287 g/mol. The van der Waals surface area contributed by atoms with Gasteiger partial charge in [-0.05, 0) is 23.8 Å². The number of hydrogen-bond acceptors (Lipinski definition) is 4. The normalized spacial score (nSPS) is 9.80. The zero-order chi connectivity index (χ0) is 14.5.